The molecule has 0 aliphatic heterocycles. The van der Waals surface area contributed by atoms with E-state index in [1.165, 1.54) is 12.0 Å². The average molecular weight is 202 g/mol. The third-order valence-electron chi connectivity index (χ3n) is 3.47. The highest BCUT2D eigenvalue weighted by Gasteiger charge is 2.40. The number of rotatable bonds is 3. The summed E-state index contributed by atoms with van der Waals surface area (Å²) in [6, 6.07) is 8.04. The van der Waals surface area contributed by atoms with Crippen molar-refractivity contribution in [3.8, 4) is 0 Å². The van der Waals surface area contributed by atoms with Gasteiger partial charge in [0.15, 0.2) is 5.78 Å². The molecule has 1 aromatic carbocycles. The molecule has 1 nitrogen and oxygen atoms in total. The normalized spacial score (nSPS) is 24.3. The van der Waals surface area contributed by atoms with Gasteiger partial charge in [0.25, 0.3) is 0 Å². The van der Waals surface area contributed by atoms with Gasteiger partial charge in [-0.05, 0) is 18.4 Å². The number of carbonyl (C=O) groups excluding carboxylic acids is 1. The summed E-state index contributed by atoms with van der Waals surface area (Å²) < 4.78 is 0. The molecule has 15 heavy (non-hydrogen) atoms. The van der Waals surface area contributed by atoms with Gasteiger partial charge in [-0.3, -0.25) is 4.79 Å². The van der Waals surface area contributed by atoms with E-state index in [9.17, 15) is 4.79 Å². The van der Waals surface area contributed by atoms with Gasteiger partial charge in [-0.1, -0.05) is 51.0 Å². The lowest BCUT2D eigenvalue weighted by molar-refractivity contribution is 0.0827. The van der Waals surface area contributed by atoms with E-state index in [2.05, 4.69) is 19.9 Å². The maximum atomic E-state index is 12.2. The quantitative estimate of drug-likeness (QED) is 0.731. The lowest BCUT2D eigenvalue weighted by Crippen LogP contribution is -2.23. The maximum Gasteiger partial charge on any atom is 0.169 e. The molecule has 1 aromatic rings. The fourth-order valence-electron chi connectivity index (χ4n) is 2.49. The zero-order valence-electron chi connectivity index (χ0n) is 9.55. The summed E-state index contributed by atoms with van der Waals surface area (Å²) in [4.78, 5) is 12.2. The third-order valence-corrected chi connectivity index (χ3v) is 3.47. The summed E-state index contributed by atoms with van der Waals surface area (Å²) in [7, 11) is 0. The van der Waals surface area contributed by atoms with Crippen LogP contribution in [0.1, 0.15) is 49.0 Å². The van der Waals surface area contributed by atoms with Crippen molar-refractivity contribution in [2.24, 2.45) is 5.41 Å². The zero-order chi connectivity index (χ0) is 10.9. The van der Waals surface area contributed by atoms with Crippen LogP contribution >= 0.6 is 0 Å². The van der Waals surface area contributed by atoms with Gasteiger partial charge in [0.05, 0.1) is 0 Å². The molecule has 0 saturated carbocycles. The summed E-state index contributed by atoms with van der Waals surface area (Å²) in [5, 5.41) is 0. The molecule has 80 valence electrons. The molecule has 0 N–H and O–H groups in total. The predicted octanol–water partition coefficient (Wildman–Crippen LogP) is 3.62. The summed E-state index contributed by atoms with van der Waals surface area (Å²) in [6.45, 7) is 4.29. The number of carbonyl (C=O) groups is 1. The molecule has 0 amide bonds. The standard InChI is InChI=1S/C14H18O/c1-3-4-9-14(2)10-11-7-5-6-8-12(11)13(14)15/h5-8H,3-4,9-10H2,1-2H3. The number of fused-ring (bicyclic) bond motifs is 1. The van der Waals surface area contributed by atoms with Crippen LogP contribution in [0, 0.1) is 5.41 Å². The SMILES string of the molecule is CCCCC1(C)Cc2ccccc2C1=O. The summed E-state index contributed by atoms with van der Waals surface area (Å²) in [5.41, 5.74) is 2.07. The van der Waals surface area contributed by atoms with E-state index in [4.69, 9.17) is 0 Å². The molecule has 1 unspecified atom stereocenters. The first-order valence-corrected chi connectivity index (χ1v) is 5.80. The molecule has 0 fully saturated rings. The second-order valence-electron chi connectivity index (χ2n) is 4.83. The molecule has 1 heteroatoms. The zero-order valence-corrected chi connectivity index (χ0v) is 9.55. The first-order chi connectivity index (χ1) is 7.17. The van der Waals surface area contributed by atoms with Gasteiger partial charge in [-0.25, -0.2) is 0 Å². The summed E-state index contributed by atoms with van der Waals surface area (Å²) >= 11 is 0. The van der Waals surface area contributed by atoms with Crippen molar-refractivity contribution in [2.75, 3.05) is 0 Å². The fourth-order valence-corrected chi connectivity index (χ4v) is 2.49. The molecule has 0 saturated heterocycles. The summed E-state index contributed by atoms with van der Waals surface area (Å²) in [5.74, 6) is 0.353. The van der Waals surface area contributed by atoms with E-state index >= 15 is 0 Å². The minimum atomic E-state index is -0.125. The van der Waals surface area contributed by atoms with E-state index in [0.717, 1.165) is 24.8 Å². The van der Waals surface area contributed by atoms with Gasteiger partial charge in [0.1, 0.15) is 0 Å². The highest BCUT2D eigenvalue weighted by atomic mass is 16.1. The van der Waals surface area contributed by atoms with Gasteiger partial charge in [0, 0.05) is 11.0 Å². The second kappa shape index (κ2) is 3.80. The number of benzene rings is 1. The van der Waals surface area contributed by atoms with E-state index in [0.29, 0.717) is 5.78 Å². The Balaban J connectivity index is 2.26. The van der Waals surface area contributed by atoms with Crippen LogP contribution in [0.4, 0.5) is 0 Å². The molecule has 0 heterocycles. The molecular formula is C14H18O. The predicted molar refractivity (Wildman–Crippen MR) is 62.1 cm³/mol. The highest BCUT2D eigenvalue weighted by molar-refractivity contribution is 6.04. The van der Waals surface area contributed by atoms with Crippen LogP contribution in [0.3, 0.4) is 0 Å². The van der Waals surface area contributed by atoms with Crippen LogP contribution in [0.15, 0.2) is 24.3 Å². The molecular weight excluding hydrogens is 184 g/mol. The van der Waals surface area contributed by atoms with Gasteiger partial charge in [-0.2, -0.15) is 0 Å². The molecule has 1 aliphatic carbocycles. The van der Waals surface area contributed by atoms with Crippen LogP contribution in [-0.4, -0.2) is 5.78 Å². The molecule has 0 aromatic heterocycles. The van der Waals surface area contributed by atoms with Crippen LogP contribution in [0.25, 0.3) is 0 Å². The first-order valence-electron chi connectivity index (χ1n) is 5.80. The van der Waals surface area contributed by atoms with Gasteiger partial charge < -0.3 is 0 Å². The van der Waals surface area contributed by atoms with Crippen LogP contribution in [-0.2, 0) is 6.42 Å². The van der Waals surface area contributed by atoms with E-state index in [-0.39, 0.29) is 5.41 Å². The molecule has 0 bridgehead atoms. The molecule has 2 rings (SSSR count). The Morgan fingerprint density at radius 3 is 2.73 bits per heavy atom. The van der Waals surface area contributed by atoms with E-state index in [1.54, 1.807) is 0 Å². The van der Waals surface area contributed by atoms with Crippen molar-refractivity contribution in [3.05, 3.63) is 35.4 Å². The largest absolute Gasteiger partial charge is 0.294 e. The number of ketones is 1. The number of hydrogen-bond donors (Lipinski definition) is 0. The molecule has 1 atom stereocenters. The number of Topliss-reactive ketones (excluding diaryl/α,β-unsaturated/α-hetero) is 1. The fraction of sp³-hybridized carbons (Fsp3) is 0.500. The lowest BCUT2D eigenvalue weighted by atomic mass is 9.81. The Kier molecular flexibility index (Phi) is 2.64. The van der Waals surface area contributed by atoms with Gasteiger partial charge >= 0.3 is 0 Å². The first kappa shape index (κ1) is 10.4. The molecule has 0 radical (unpaired) electrons. The second-order valence-corrected chi connectivity index (χ2v) is 4.83. The van der Waals surface area contributed by atoms with E-state index < -0.39 is 0 Å². The van der Waals surface area contributed by atoms with Crippen LogP contribution in [0.5, 0.6) is 0 Å². The Morgan fingerprint density at radius 1 is 1.33 bits per heavy atom. The van der Waals surface area contributed by atoms with Crippen molar-refractivity contribution >= 4 is 5.78 Å². The minimum Gasteiger partial charge on any atom is -0.294 e. The Hall–Kier alpha value is -1.11. The molecule has 0 spiro atoms. The topological polar surface area (TPSA) is 17.1 Å². The minimum absolute atomic E-state index is 0.125. The van der Waals surface area contributed by atoms with Crippen LogP contribution in [0.2, 0.25) is 0 Å². The van der Waals surface area contributed by atoms with Crippen molar-refractivity contribution in [1.82, 2.24) is 0 Å². The average Bonchev–Trinajstić information content (AvgIpc) is 2.50. The third kappa shape index (κ3) is 1.71. The molecule has 1 aliphatic rings. The Morgan fingerprint density at radius 2 is 2.07 bits per heavy atom. The number of hydrogen-bond acceptors (Lipinski definition) is 1. The smallest absolute Gasteiger partial charge is 0.169 e. The highest BCUT2D eigenvalue weighted by Crippen LogP contribution is 2.40. The van der Waals surface area contributed by atoms with Crippen molar-refractivity contribution in [1.29, 1.82) is 0 Å². The Labute approximate surface area is 91.5 Å². The lowest BCUT2D eigenvalue weighted by Gasteiger charge is -2.21. The van der Waals surface area contributed by atoms with Crippen molar-refractivity contribution in [3.63, 3.8) is 0 Å². The van der Waals surface area contributed by atoms with Crippen LogP contribution < -0.4 is 0 Å². The monoisotopic (exact) mass is 202 g/mol. The summed E-state index contributed by atoms with van der Waals surface area (Å²) in [6.07, 6.45) is 4.27. The Bertz CT molecular complexity index is 381. The van der Waals surface area contributed by atoms with Crippen molar-refractivity contribution < 1.29 is 4.79 Å². The van der Waals surface area contributed by atoms with Gasteiger partial charge in [0.2, 0.25) is 0 Å². The van der Waals surface area contributed by atoms with Crippen molar-refractivity contribution in [2.45, 2.75) is 39.5 Å². The number of unbranched alkanes of at least 4 members (excludes halogenated alkanes) is 1. The maximum absolute atomic E-state index is 12.2. The van der Waals surface area contributed by atoms with E-state index in [1.807, 2.05) is 18.2 Å². The van der Waals surface area contributed by atoms with Gasteiger partial charge in [-0.15, -0.1) is 0 Å².